The lowest BCUT2D eigenvalue weighted by Gasteiger charge is -2.18. The third-order valence-corrected chi connectivity index (χ3v) is 6.03. The Hall–Kier alpha value is -1.27. The summed E-state index contributed by atoms with van der Waals surface area (Å²) in [5.74, 6) is 1.78. The highest BCUT2D eigenvalue weighted by Gasteiger charge is 2.25. The molecule has 1 amide bonds. The Labute approximate surface area is 123 Å². The molecule has 20 heavy (non-hydrogen) atoms. The van der Waals surface area contributed by atoms with E-state index in [9.17, 15) is 13.2 Å². The van der Waals surface area contributed by atoms with Gasteiger partial charge in [-0.1, -0.05) is 17.7 Å². The van der Waals surface area contributed by atoms with E-state index in [0.717, 1.165) is 22.6 Å². The minimum atomic E-state index is -3.65. The first-order valence-corrected chi connectivity index (χ1v) is 9.01. The lowest BCUT2D eigenvalue weighted by molar-refractivity contribution is -0.108. The van der Waals surface area contributed by atoms with Crippen LogP contribution in [0.2, 0.25) is 0 Å². The van der Waals surface area contributed by atoms with E-state index >= 15 is 0 Å². The lowest BCUT2D eigenvalue weighted by atomic mass is 10.1. The standard InChI is InChI=1S/C14H17NO3S2/c1-11-2-4-13(5-3-11)20(17,18)14(15-10-16)12-6-8-19-9-7-12/h2-5,10H,6-9H2,1H3,(H,15,16). The van der Waals surface area contributed by atoms with E-state index in [2.05, 4.69) is 5.32 Å². The van der Waals surface area contributed by atoms with Crippen molar-refractivity contribution < 1.29 is 13.2 Å². The van der Waals surface area contributed by atoms with Gasteiger partial charge in [0.1, 0.15) is 5.03 Å². The van der Waals surface area contributed by atoms with Crippen LogP contribution in [-0.4, -0.2) is 26.3 Å². The predicted octanol–water partition coefficient (Wildman–Crippen LogP) is 2.25. The molecular weight excluding hydrogens is 294 g/mol. The summed E-state index contributed by atoms with van der Waals surface area (Å²) in [7, 11) is -3.65. The minimum absolute atomic E-state index is 0.0663. The Kier molecular flexibility index (Phi) is 4.88. The van der Waals surface area contributed by atoms with Crippen LogP contribution < -0.4 is 5.32 Å². The number of amides is 1. The van der Waals surface area contributed by atoms with Crippen molar-refractivity contribution in [3.63, 3.8) is 0 Å². The van der Waals surface area contributed by atoms with Crippen molar-refractivity contribution in [3.05, 3.63) is 40.4 Å². The van der Waals surface area contributed by atoms with Gasteiger partial charge in [-0.3, -0.25) is 4.79 Å². The van der Waals surface area contributed by atoms with Crippen molar-refractivity contribution in [3.8, 4) is 0 Å². The summed E-state index contributed by atoms with van der Waals surface area (Å²) in [4.78, 5) is 11.0. The molecule has 6 heteroatoms. The number of allylic oxidation sites excluding steroid dienone is 1. The maximum Gasteiger partial charge on any atom is 0.221 e. The van der Waals surface area contributed by atoms with Crippen molar-refractivity contribution in [2.24, 2.45) is 0 Å². The molecule has 1 saturated heterocycles. The summed E-state index contributed by atoms with van der Waals surface area (Å²) in [5, 5.41) is 2.47. The van der Waals surface area contributed by atoms with Gasteiger partial charge in [0.05, 0.1) is 4.90 Å². The normalized spacial score (nSPS) is 15.8. The van der Waals surface area contributed by atoms with Crippen LogP contribution >= 0.6 is 11.8 Å². The largest absolute Gasteiger partial charge is 0.319 e. The van der Waals surface area contributed by atoms with Gasteiger partial charge >= 0.3 is 0 Å². The zero-order chi connectivity index (χ0) is 14.6. The van der Waals surface area contributed by atoms with Crippen molar-refractivity contribution in [1.82, 2.24) is 5.32 Å². The third-order valence-electron chi connectivity index (χ3n) is 3.21. The van der Waals surface area contributed by atoms with E-state index in [4.69, 9.17) is 0 Å². The van der Waals surface area contributed by atoms with Gasteiger partial charge in [0.15, 0.2) is 0 Å². The zero-order valence-corrected chi connectivity index (χ0v) is 12.9. The molecule has 2 rings (SSSR count). The summed E-state index contributed by atoms with van der Waals surface area (Å²) in [5.41, 5.74) is 1.81. The van der Waals surface area contributed by atoms with Crippen LogP contribution in [0.15, 0.2) is 39.8 Å². The number of nitrogens with one attached hydrogen (secondary N) is 1. The molecular formula is C14H17NO3S2. The lowest BCUT2D eigenvalue weighted by Crippen LogP contribution is -2.23. The van der Waals surface area contributed by atoms with Gasteiger partial charge in [-0.05, 0) is 49.0 Å². The molecule has 1 aromatic rings. The highest BCUT2D eigenvalue weighted by Crippen LogP contribution is 2.28. The van der Waals surface area contributed by atoms with Gasteiger partial charge in [-0.15, -0.1) is 0 Å². The second-order valence-corrected chi connectivity index (χ2v) is 7.73. The Morgan fingerprint density at radius 2 is 1.80 bits per heavy atom. The summed E-state index contributed by atoms with van der Waals surface area (Å²) in [6.07, 6.45) is 1.84. The van der Waals surface area contributed by atoms with Crippen LogP contribution in [0.3, 0.4) is 0 Å². The third kappa shape index (κ3) is 3.24. The first-order chi connectivity index (χ1) is 9.55. The van der Waals surface area contributed by atoms with Crippen LogP contribution in [0.25, 0.3) is 0 Å². The van der Waals surface area contributed by atoms with Gasteiger partial charge in [0, 0.05) is 0 Å². The minimum Gasteiger partial charge on any atom is -0.319 e. The van der Waals surface area contributed by atoms with E-state index in [1.807, 2.05) is 6.92 Å². The Balaban J connectivity index is 2.46. The van der Waals surface area contributed by atoms with Crippen molar-refractivity contribution >= 4 is 28.0 Å². The summed E-state index contributed by atoms with van der Waals surface area (Å²) in [6, 6.07) is 6.67. The smallest absolute Gasteiger partial charge is 0.221 e. The van der Waals surface area contributed by atoms with Crippen LogP contribution in [0, 0.1) is 6.92 Å². The average molecular weight is 311 g/mol. The number of aryl methyl sites for hydroxylation is 1. The molecule has 1 fully saturated rings. The molecule has 0 aromatic heterocycles. The number of carbonyl (C=O) groups is 1. The van der Waals surface area contributed by atoms with Crippen LogP contribution in [0.1, 0.15) is 18.4 Å². The number of sulfone groups is 1. The molecule has 0 radical (unpaired) electrons. The van der Waals surface area contributed by atoms with Crippen molar-refractivity contribution in [2.45, 2.75) is 24.7 Å². The fourth-order valence-electron chi connectivity index (χ4n) is 2.10. The molecule has 1 aliphatic heterocycles. The second kappa shape index (κ2) is 6.45. The monoisotopic (exact) mass is 311 g/mol. The molecule has 4 nitrogen and oxygen atoms in total. The molecule has 1 heterocycles. The number of carbonyl (C=O) groups excluding carboxylic acids is 1. The number of hydrogen-bond donors (Lipinski definition) is 1. The fourth-order valence-corrected chi connectivity index (χ4v) is 4.61. The molecule has 1 aliphatic rings. The number of rotatable bonds is 4. The number of hydrogen-bond acceptors (Lipinski definition) is 4. The van der Waals surface area contributed by atoms with Gasteiger partial charge in [0.2, 0.25) is 16.2 Å². The summed E-state index contributed by atoms with van der Waals surface area (Å²) in [6.45, 7) is 1.90. The Morgan fingerprint density at radius 3 is 2.35 bits per heavy atom. The molecule has 108 valence electrons. The summed E-state index contributed by atoms with van der Waals surface area (Å²) >= 11 is 1.80. The Bertz CT molecular complexity index is 610. The molecule has 0 saturated carbocycles. The fraction of sp³-hybridized carbons (Fsp3) is 0.357. The van der Waals surface area contributed by atoms with Crippen LogP contribution in [0.5, 0.6) is 0 Å². The summed E-state index contributed by atoms with van der Waals surface area (Å²) < 4.78 is 25.3. The second-order valence-electron chi connectivity index (χ2n) is 4.62. The van der Waals surface area contributed by atoms with E-state index in [0.29, 0.717) is 19.3 Å². The quantitative estimate of drug-likeness (QED) is 0.866. The highest BCUT2D eigenvalue weighted by atomic mass is 32.2. The van der Waals surface area contributed by atoms with Gasteiger partial charge in [-0.25, -0.2) is 8.42 Å². The van der Waals surface area contributed by atoms with E-state index in [1.54, 1.807) is 36.0 Å². The highest BCUT2D eigenvalue weighted by molar-refractivity contribution is 7.99. The molecule has 1 aromatic carbocycles. The van der Waals surface area contributed by atoms with E-state index in [1.165, 1.54) is 0 Å². The predicted molar refractivity (Wildman–Crippen MR) is 81.1 cm³/mol. The Morgan fingerprint density at radius 1 is 1.20 bits per heavy atom. The van der Waals surface area contributed by atoms with Gasteiger partial charge in [-0.2, -0.15) is 11.8 Å². The molecule has 0 spiro atoms. The zero-order valence-electron chi connectivity index (χ0n) is 11.3. The average Bonchev–Trinajstić information content (AvgIpc) is 2.46. The molecule has 1 N–H and O–H groups in total. The SMILES string of the molecule is Cc1ccc(S(=O)(=O)C(NC=O)=C2CCSCC2)cc1. The first kappa shape index (κ1) is 15.1. The van der Waals surface area contributed by atoms with Gasteiger partial charge < -0.3 is 5.32 Å². The molecule has 0 bridgehead atoms. The van der Waals surface area contributed by atoms with E-state index in [-0.39, 0.29) is 9.92 Å². The molecule has 0 unspecified atom stereocenters. The van der Waals surface area contributed by atoms with Gasteiger partial charge in [0.25, 0.3) is 0 Å². The number of benzene rings is 1. The van der Waals surface area contributed by atoms with Crippen LogP contribution in [-0.2, 0) is 14.6 Å². The maximum atomic E-state index is 12.6. The van der Waals surface area contributed by atoms with E-state index < -0.39 is 9.84 Å². The molecule has 0 atom stereocenters. The topological polar surface area (TPSA) is 63.2 Å². The van der Waals surface area contributed by atoms with Crippen LogP contribution in [0.4, 0.5) is 0 Å². The number of thioether (sulfide) groups is 1. The first-order valence-electron chi connectivity index (χ1n) is 6.37. The molecule has 0 aliphatic carbocycles. The maximum absolute atomic E-state index is 12.6. The van der Waals surface area contributed by atoms with Crippen molar-refractivity contribution in [1.29, 1.82) is 0 Å². The van der Waals surface area contributed by atoms with Crippen molar-refractivity contribution in [2.75, 3.05) is 11.5 Å².